The van der Waals surface area contributed by atoms with Crippen molar-refractivity contribution < 1.29 is 18.6 Å². The van der Waals surface area contributed by atoms with Gasteiger partial charge in [-0.05, 0) is 32.6 Å². The molecule has 3 rings (SSSR count). The van der Waals surface area contributed by atoms with Crippen molar-refractivity contribution in [1.29, 1.82) is 0 Å². The summed E-state index contributed by atoms with van der Waals surface area (Å²) in [5.41, 5.74) is -3.08. The molecule has 3 heterocycles. The van der Waals surface area contributed by atoms with E-state index in [4.69, 9.17) is 14.2 Å². The highest BCUT2D eigenvalue weighted by Crippen LogP contribution is 2.48. The van der Waals surface area contributed by atoms with Gasteiger partial charge in [-0.1, -0.05) is 6.92 Å². The van der Waals surface area contributed by atoms with E-state index in [0.29, 0.717) is 19.4 Å². The molecule has 0 spiro atoms. The van der Waals surface area contributed by atoms with E-state index in [9.17, 15) is 14.0 Å². The second-order valence-corrected chi connectivity index (χ2v) is 7.06. The van der Waals surface area contributed by atoms with Gasteiger partial charge in [0, 0.05) is 25.3 Å². The molecule has 2 saturated heterocycles. The first-order valence-electron chi connectivity index (χ1n) is 8.76. The van der Waals surface area contributed by atoms with Gasteiger partial charge in [-0.25, -0.2) is 9.18 Å². The van der Waals surface area contributed by atoms with Crippen LogP contribution in [-0.4, -0.2) is 40.3 Å². The van der Waals surface area contributed by atoms with Crippen LogP contribution in [-0.2, 0) is 14.2 Å². The van der Waals surface area contributed by atoms with Crippen molar-refractivity contribution in [2.24, 2.45) is 0 Å². The van der Waals surface area contributed by atoms with Gasteiger partial charge in [0.15, 0.2) is 12.5 Å². The lowest BCUT2D eigenvalue weighted by atomic mass is 9.89. The summed E-state index contributed by atoms with van der Waals surface area (Å²) in [6.07, 6.45) is 3.57. The molecule has 0 bridgehead atoms. The van der Waals surface area contributed by atoms with Crippen molar-refractivity contribution in [2.45, 2.75) is 69.7 Å². The number of hydrogen-bond donors (Lipinski definition) is 1. The number of H-pyrrole nitrogens is 1. The molecule has 1 aromatic heterocycles. The van der Waals surface area contributed by atoms with E-state index < -0.39 is 41.6 Å². The number of nitrogens with zero attached hydrogens (tertiary/aromatic N) is 1. The maximum atomic E-state index is 13.8. The van der Waals surface area contributed by atoms with E-state index in [1.807, 2.05) is 6.92 Å². The molecule has 8 heteroatoms. The molecule has 0 amide bonds. The third-order valence-electron chi connectivity index (χ3n) is 5.09. The summed E-state index contributed by atoms with van der Waals surface area (Å²) in [6, 6.07) is 1.24. The molecular weight excluding hydrogens is 331 g/mol. The fourth-order valence-electron chi connectivity index (χ4n) is 3.68. The molecule has 1 aromatic rings. The zero-order chi connectivity index (χ0) is 18.1. The summed E-state index contributed by atoms with van der Waals surface area (Å²) in [7, 11) is 0. The topological polar surface area (TPSA) is 82.5 Å². The molecule has 0 saturated carbocycles. The first-order valence-corrected chi connectivity index (χ1v) is 8.76. The van der Waals surface area contributed by atoms with Crippen LogP contribution < -0.4 is 11.2 Å². The summed E-state index contributed by atoms with van der Waals surface area (Å²) in [4.78, 5) is 25.8. The van der Waals surface area contributed by atoms with E-state index in [1.54, 1.807) is 6.92 Å². The second-order valence-electron chi connectivity index (χ2n) is 7.06. The predicted octanol–water partition coefficient (Wildman–Crippen LogP) is 1.88. The minimum Gasteiger partial charge on any atom is -0.353 e. The fourth-order valence-corrected chi connectivity index (χ4v) is 3.68. The Morgan fingerprint density at radius 3 is 2.84 bits per heavy atom. The van der Waals surface area contributed by atoms with Gasteiger partial charge in [0.2, 0.25) is 0 Å². The van der Waals surface area contributed by atoms with Crippen molar-refractivity contribution in [2.75, 3.05) is 13.3 Å². The van der Waals surface area contributed by atoms with Gasteiger partial charge in [-0.2, -0.15) is 0 Å². The van der Waals surface area contributed by atoms with Gasteiger partial charge < -0.3 is 14.2 Å². The molecule has 0 radical (unpaired) electrons. The molecule has 0 aliphatic carbocycles. The maximum absolute atomic E-state index is 13.8. The van der Waals surface area contributed by atoms with Gasteiger partial charge in [0.05, 0.1) is 0 Å². The van der Waals surface area contributed by atoms with Crippen molar-refractivity contribution >= 4 is 0 Å². The Bertz CT molecular complexity index is 707. The number of halogens is 1. The Labute approximate surface area is 145 Å². The van der Waals surface area contributed by atoms with Gasteiger partial charge in [0.1, 0.15) is 17.9 Å². The number of aromatic nitrogens is 2. The van der Waals surface area contributed by atoms with Gasteiger partial charge in [-0.3, -0.25) is 14.3 Å². The van der Waals surface area contributed by atoms with Crippen LogP contribution in [0.25, 0.3) is 0 Å². The first-order chi connectivity index (χ1) is 11.9. The molecule has 2 fully saturated rings. The zero-order valence-electron chi connectivity index (χ0n) is 14.6. The Morgan fingerprint density at radius 2 is 2.24 bits per heavy atom. The minimum absolute atomic E-state index is 0.295. The Balaban J connectivity index is 1.96. The van der Waals surface area contributed by atoms with Crippen LogP contribution in [0, 0.1) is 0 Å². The highest BCUT2D eigenvalue weighted by molar-refractivity contribution is 5.02. The van der Waals surface area contributed by atoms with E-state index >= 15 is 0 Å². The lowest BCUT2D eigenvalue weighted by Crippen LogP contribution is -2.44. The molecule has 4 atom stereocenters. The quantitative estimate of drug-likeness (QED) is 0.871. The summed E-state index contributed by atoms with van der Waals surface area (Å²) in [6.45, 7) is 3.59. The predicted molar refractivity (Wildman–Crippen MR) is 88.1 cm³/mol. The molecule has 7 nitrogen and oxygen atoms in total. The Hall–Kier alpha value is -1.51. The van der Waals surface area contributed by atoms with Gasteiger partial charge >= 0.3 is 5.69 Å². The molecular formula is C17H25FN2O5. The van der Waals surface area contributed by atoms with Crippen LogP contribution in [0.2, 0.25) is 0 Å². The third-order valence-corrected chi connectivity index (χ3v) is 5.09. The van der Waals surface area contributed by atoms with Crippen LogP contribution in [0.3, 0.4) is 0 Å². The van der Waals surface area contributed by atoms with E-state index in [1.165, 1.54) is 16.8 Å². The van der Waals surface area contributed by atoms with Crippen LogP contribution in [0.4, 0.5) is 4.39 Å². The lowest BCUT2D eigenvalue weighted by Gasteiger charge is -2.35. The molecule has 2 aliphatic heterocycles. The standard InChI is InChI=1S/C17H25FN2O5/c1-3-17(11-18)10-16(2,24-13-6-4-5-9-23-13)14(25-17)20-8-7-12(21)19-15(20)22/h7-8,13-14H,3-6,9-11H2,1-2H3,(H,19,21,22)/t13?,14-,16-,17-/m1/s1. The number of rotatable bonds is 5. The summed E-state index contributed by atoms with van der Waals surface area (Å²) < 4.78 is 32.9. The summed E-state index contributed by atoms with van der Waals surface area (Å²) >= 11 is 0. The maximum Gasteiger partial charge on any atom is 0.330 e. The van der Waals surface area contributed by atoms with Gasteiger partial charge in [-0.15, -0.1) is 0 Å². The number of ether oxygens (including phenoxy) is 3. The largest absolute Gasteiger partial charge is 0.353 e. The lowest BCUT2D eigenvalue weighted by molar-refractivity contribution is -0.243. The van der Waals surface area contributed by atoms with Crippen molar-refractivity contribution in [3.8, 4) is 0 Å². The van der Waals surface area contributed by atoms with Crippen molar-refractivity contribution in [3.05, 3.63) is 33.1 Å². The molecule has 1 N–H and O–H groups in total. The molecule has 140 valence electrons. The van der Waals surface area contributed by atoms with Crippen LogP contribution in [0.5, 0.6) is 0 Å². The SMILES string of the molecule is CC[C@]1(CF)C[C@@](C)(OC2CCCCO2)[C@H](n2ccc(=O)[nH]c2=O)O1. The summed E-state index contributed by atoms with van der Waals surface area (Å²) in [5, 5.41) is 0. The number of hydrogen-bond acceptors (Lipinski definition) is 5. The van der Waals surface area contributed by atoms with Crippen LogP contribution in [0.1, 0.15) is 52.2 Å². The van der Waals surface area contributed by atoms with Gasteiger partial charge in [0.25, 0.3) is 5.56 Å². The molecule has 2 aliphatic rings. The van der Waals surface area contributed by atoms with E-state index in [0.717, 1.165) is 19.3 Å². The zero-order valence-corrected chi connectivity index (χ0v) is 14.6. The second kappa shape index (κ2) is 7.01. The normalized spacial score (nSPS) is 35.8. The van der Waals surface area contributed by atoms with E-state index in [-0.39, 0.29) is 0 Å². The van der Waals surface area contributed by atoms with Crippen LogP contribution in [0.15, 0.2) is 21.9 Å². The average Bonchev–Trinajstić information content (AvgIpc) is 2.89. The number of aromatic amines is 1. The highest BCUT2D eigenvalue weighted by atomic mass is 19.1. The Kier molecular flexibility index (Phi) is 5.13. The fraction of sp³-hybridized carbons (Fsp3) is 0.765. The number of alkyl halides is 1. The monoisotopic (exact) mass is 356 g/mol. The Morgan fingerprint density at radius 1 is 1.44 bits per heavy atom. The highest BCUT2D eigenvalue weighted by Gasteiger charge is 2.56. The molecule has 0 aromatic carbocycles. The van der Waals surface area contributed by atoms with Crippen LogP contribution >= 0.6 is 0 Å². The average molecular weight is 356 g/mol. The smallest absolute Gasteiger partial charge is 0.330 e. The number of nitrogens with one attached hydrogen (secondary N) is 1. The minimum atomic E-state index is -1.02. The van der Waals surface area contributed by atoms with Crippen molar-refractivity contribution in [3.63, 3.8) is 0 Å². The summed E-state index contributed by atoms with van der Waals surface area (Å²) in [5.74, 6) is 0. The first kappa shape index (κ1) is 18.3. The molecule has 1 unspecified atom stereocenters. The van der Waals surface area contributed by atoms with Crippen molar-refractivity contribution in [1.82, 2.24) is 9.55 Å². The van der Waals surface area contributed by atoms with E-state index in [2.05, 4.69) is 4.98 Å². The molecule has 25 heavy (non-hydrogen) atoms. The third kappa shape index (κ3) is 3.56.